The molecule has 3 aromatic rings. The van der Waals surface area contributed by atoms with Gasteiger partial charge < -0.3 is 10.1 Å². The number of phenolic OH excluding ortho intramolecular Hbond substituents is 1. The molecule has 0 unspecified atom stereocenters. The van der Waals surface area contributed by atoms with E-state index in [1.807, 2.05) is 36.6 Å². The average Bonchev–Trinajstić information content (AvgIpc) is 3.13. The van der Waals surface area contributed by atoms with E-state index < -0.39 is 0 Å². The molecular weight excluding hydrogens is 334 g/mol. The van der Waals surface area contributed by atoms with Crippen LogP contribution in [0, 0.1) is 6.92 Å². The van der Waals surface area contributed by atoms with Gasteiger partial charge in [0.2, 0.25) is 0 Å². The Morgan fingerprint density at radius 3 is 3.00 bits per heavy atom. The van der Waals surface area contributed by atoms with Crippen LogP contribution in [0.25, 0.3) is 10.7 Å². The smallest absolute Gasteiger partial charge is 0.255 e. The molecule has 0 amide bonds. The van der Waals surface area contributed by atoms with Crippen molar-refractivity contribution in [2.24, 2.45) is 0 Å². The van der Waals surface area contributed by atoms with Crippen LogP contribution in [-0.4, -0.2) is 26.5 Å². The van der Waals surface area contributed by atoms with Gasteiger partial charge >= 0.3 is 0 Å². The summed E-state index contributed by atoms with van der Waals surface area (Å²) in [5.41, 5.74) is 3.64. The first-order valence-electron chi connectivity index (χ1n) is 8.27. The predicted molar refractivity (Wildman–Crippen MR) is 98.8 cm³/mol. The van der Waals surface area contributed by atoms with Crippen LogP contribution < -0.4 is 5.56 Å². The molecule has 0 saturated heterocycles. The lowest BCUT2D eigenvalue weighted by Gasteiger charge is -2.27. The fourth-order valence-electron chi connectivity index (χ4n) is 3.22. The number of fused-ring (bicyclic) bond motifs is 1. The number of hydrogen-bond acceptors (Lipinski definition) is 5. The lowest BCUT2D eigenvalue weighted by molar-refractivity contribution is 0.241. The Morgan fingerprint density at radius 2 is 2.24 bits per heavy atom. The van der Waals surface area contributed by atoms with Crippen molar-refractivity contribution in [3.63, 3.8) is 0 Å². The van der Waals surface area contributed by atoms with E-state index in [9.17, 15) is 9.90 Å². The van der Waals surface area contributed by atoms with Crippen LogP contribution in [0.1, 0.15) is 22.4 Å². The summed E-state index contributed by atoms with van der Waals surface area (Å²) in [6.45, 7) is 4.12. The summed E-state index contributed by atoms with van der Waals surface area (Å²) in [5, 5.41) is 11.6. The zero-order chi connectivity index (χ0) is 17.4. The van der Waals surface area contributed by atoms with E-state index in [1.54, 1.807) is 17.4 Å². The van der Waals surface area contributed by atoms with Crippen molar-refractivity contribution >= 4 is 11.3 Å². The molecule has 1 aliphatic heterocycles. The van der Waals surface area contributed by atoms with Crippen molar-refractivity contribution in [2.45, 2.75) is 26.4 Å². The number of nitrogens with one attached hydrogen (secondary N) is 1. The Balaban J connectivity index is 1.57. The summed E-state index contributed by atoms with van der Waals surface area (Å²) in [4.78, 5) is 23.4. The Labute approximate surface area is 149 Å². The quantitative estimate of drug-likeness (QED) is 0.759. The van der Waals surface area contributed by atoms with Crippen LogP contribution in [0.4, 0.5) is 0 Å². The lowest BCUT2D eigenvalue weighted by atomic mass is 10.0. The van der Waals surface area contributed by atoms with Gasteiger partial charge in [-0.2, -0.15) is 0 Å². The highest BCUT2D eigenvalue weighted by atomic mass is 32.1. The molecule has 1 aliphatic rings. The molecule has 0 radical (unpaired) electrons. The number of rotatable bonds is 3. The molecule has 5 nitrogen and oxygen atoms in total. The molecule has 0 fully saturated rings. The maximum absolute atomic E-state index is 12.5. The van der Waals surface area contributed by atoms with Gasteiger partial charge in [-0.05, 0) is 35.6 Å². The summed E-state index contributed by atoms with van der Waals surface area (Å²) in [6, 6.07) is 9.58. The van der Waals surface area contributed by atoms with E-state index in [0.717, 1.165) is 46.8 Å². The summed E-state index contributed by atoms with van der Waals surface area (Å²) in [5.74, 6) is 0.982. The summed E-state index contributed by atoms with van der Waals surface area (Å²) in [7, 11) is 0. The average molecular weight is 353 g/mol. The van der Waals surface area contributed by atoms with E-state index in [-0.39, 0.29) is 5.56 Å². The minimum atomic E-state index is -0.0417. The number of hydrogen-bond donors (Lipinski definition) is 2. The second-order valence-electron chi connectivity index (χ2n) is 6.40. The topological polar surface area (TPSA) is 69.2 Å². The normalized spacial score (nSPS) is 14.4. The highest BCUT2D eigenvalue weighted by molar-refractivity contribution is 7.13. The molecule has 4 rings (SSSR count). The van der Waals surface area contributed by atoms with E-state index >= 15 is 0 Å². The summed E-state index contributed by atoms with van der Waals surface area (Å²) < 4.78 is 0. The summed E-state index contributed by atoms with van der Waals surface area (Å²) >= 11 is 1.58. The van der Waals surface area contributed by atoms with Gasteiger partial charge in [0, 0.05) is 26.1 Å². The first-order valence-corrected chi connectivity index (χ1v) is 9.15. The first-order chi connectivity index (χ1) is 12.1. The van der Waals surface area contributed by atoms with Crippen LogP contribution in [0.5, 0.6) is 5.75 Å². The zero-order valence-electron chi connectivity index (χ0n) is 14.0. The van der Waals surface area contributed by atoms with Crippen LogP contribution in [0.2, 0.25) is 0 Å². The van der Waals surface area contributed by atoms with Crippen molar-refractivity contribution in [3.8, 4) is 16.5 Å². The monoisotopic (exact) mass is 353 g/mol. The van der Waals surface area contributed by atoms with Gasteiger partial charge in [-0.3, -0.25) is 9.69 Å². The van der Waals surface area contributed by atoms with Gasteiger partial charge in [0.1, 0.15) is 5.75 Å². The third kappa shape index (κ3) is 3.23. The third-order valence-corrected chi connectivity index (χ3v) is 5.45. The molecule has 128 valence electrons. The zero-order valence-corrected chi connectivity index (χ0v) is 14.8. The largest absolute Gasteiger partial charge is 0.508 e. The standard InChI is InChI=1S/C19H19N3O2S/c1-12-9-13(4-5-16(12)23)10-22-7-6-15-14(11-22)19(24)21-18(20-15)17-3-2-8-25-17/h2-5,8-9,23H,6-7,10-11H2,1H3,(H,20,21,24). The molecule has 25 heavy (non-hydrogen) atoms. The van der Waals surface area contributed by atoms with E-state index in [0.29, 0.717) is 18.1 Å². The molecule has 6 heteroatoms. The fraction of sp³-hybridized carbons (Fsp3) is 0.263. The van der Waals surface area contributed by atoms with Gasteiger partial charge in [-0.15, -0.1) is 11.3 Å². The molecule has 0 spiro atoms. The van der Waals surface area contributed by atoms with Crippen LogP contribution in [0.3, 0.4) is 0 Å². The second kappa shape index (κ2) is 6.46. The second-order valence-corrected chi connectivity index (χ2v) is 7.35. The minimum Gasteiger partial charge on any atom is -0.508 e. The molecule has 3 heterocycles. The Morgan fingerprint density at radius 1 is 1.36 bits per heavy atom. The fourth-order valence-corrected chi connectivity index (χ4v) is 3.89. The van der Waals surface area contributed by atoms with Crippen LogP contribution in [-0.2, 0) is 19.5 Å². The third-order valence-electron chi connectivity index (χ3n) is 4.57. The number of phenols is 1. The SMILES string of the molecule is Cc1cc(CN2CCc3nc(-c4cccs4)[nH]c(=O)c3C2)ccc1O. The minimum absolute atomic E-state index is 0.0417. The highest BCUT2D eigenvalue weighted by Gasteiger charge is 2.21. The highest BCUT2D eigenvalue weighted by Crippen LogP contribution is 2.24. The Bertz CT molecular complexity index is 963. The number of benzene rings is 1. The van der Waals surface area contributed by atoms with Crippen molar-refractivity contribution in [2.75, 3.05) is 6.54 Å². The number of aryl methyl sites for hydroxylation is 1. The number of aromatic amines is 1. The van der Waals surface area contributed by atoms with Crippen LogP contribution >= 0.6 is 11.3 Å². The molecule has 0 bridgehead atoms. The van der Waals surface area contributed by atoms with Crippen molar-refractivity contribution < 1.29 is 5.11 Å². The van der Waals surface area contributed by atoms with Gasteiger partial charge in [0.25, 0.3) is 5.56 Å². The number of aromatic nitrogens is 2. The Hall–Kier alpha value is -2.44. The molecule has 1 aromatic carbocycles. The van der Waals surface area contributed by atoms with Crippen molar-refractivity contribution in [3.05, 3.63) is 68.4 Å². The molecule has 0 atom stereocenters. The van der Waals surface area contributed by atoms with Gasteiger partial charge in [-0.25, -0.2) is 4.98 Å². The van der Waals surface area contributed by atoms with Crippen molar-refractivity contribution in [1.29, 1.82) is 0 Å². The maximum Gasteiger partial charge on any atom is 0.255 e. The first kappa shape index (κ1) is 16.1. The molecule has 0 aliphatic carbocycles. The van der Waals surface area contributed by atoms with Crippen molar-refractivity contribution in [1.82, 2.24) is 14.9 Å². The summed E-state index contributed by atoms with van der Waals surface area (Å²) in [6.07, 6.45) is 0.773. The molecule has 2 N–H and O–H groups in total. The Kier molecular flexibility index (Phi) is 4.15. The molecule has 0 saturated carbocycles. The maximum atomic E-state index is 12.5. The number of H-pyrrole nitrogens is 1. The van der Waals surface area contributed by atoms with E-state index in [4.69, 9.17) is 0 Å². The lowest BCUT2D eigenvalue weighted by Crippen LogP contribution is -2.35. The molecular formula is C19H19N3O2S. The predicted octanol–water partition coefficient (Wildman–Crippen LogP) is 3.07. The van der Waals surface area contributed by atoms with Gasteiger partial charge in [-0.1, -0.05) is 18.2 Å². The molecule has 2 aromatic heterocycles. The van der Waals surface area contributed by atoms with E-state index in [1.165, 1.54) is 0 Å². The van der Waals surface area contributed by atoms with E-state index in [2.05, 4.69) is 14.9 Å². The number of aromatic hydroxyl groups is 1. The van der Waals surface area contributed by atoms with Gasteiger partial charge in [0.15, 0.2) is 5.82 Å². The number of nitrogens with zero attached hydrogens (tertiary/aromatic N) is 2. The van der Waals surface area contributed by atoms with Crippen LogP contribution in [0.15, 0.2) is 40.5 Å². The van der Waals surface area contributed by atoms with Gasteiger partial charge in [0.05, 0.1) is 16.1 Å². The number of thiophene rings is 1.